The molecule has 4 nitrogen and oxygen atoms in total. The lowest BCUT2D eigenvalue weighted by Gasteiger charge is -2.41. The highest BCUT2D eigenvalue weighted by atomic mass is 16.6. The molecule has 0 bridgehead atoms. The second-order valence-corrected chi connectivity index (χ2v) is 9.47. The van der Waals surface area contributed by atoms with Gasteiger partial charge in [-0.1, -0.05) is 72.8 Å². The molecule has 1 saturated heterocycles. The molecule has 1 N–H and O–H groups in total. The zero-order chi connectivity index (χ0) is 21.8. The molecule has 4 heteroatoms. The Morgan fingerprint density at radius 2 is 1.65 bits per heavy atom. The number of hydrogen-bond donors (Lipinski definition) is 1. The van der Waals surface area contributed by atoms with Gasteiger partial charge in [-0.15, -0.1) is 0 Å². The summed E-state index contributed by atoms with van der Waals surface area (Å²) in [6.45, 7) is 7.16. The number of fused-ring (bicyclic) bond motifs is 1. The highest BCUT2D eigenvalue weighted by Gasteiger charge is 2.34. The van der Waals surface area contributed by atoms with Gasteiger partial charge in [0.15, 0.2) is 0 Å². The quantitative estimate of drug-likeness (QED) is 0.635. The van der Waals surface area contributed by atoms with E-state index in [9.17, 15) is 4.79 Å². The van der Waals surface area contributed by atoms with Crippen molar-refractivity contribution in [1.82, 2.24) is 10.2 Å². The molecule has 0 unspecified atom stereocenters. The predicted molar refractivity (Wildman–Crippen MR) is 126 cm³/mol. The molecule has 0 spiro atoms. The van der Waals surface area contributed by atoms with Gasteiger partial charge in [0.1, 0.15) is 5.60 Å². The molecule has 1 aliphatic rings. The summed E-state index contributed by atoms with van der Waals surface area (Å²) in [6.07, 6.45) is 1.47. The lowest BCUT2D eigenvalue weighted by atomic mass is 9.97. The molecule has 0 aromatic heterocycles. The third kappa shape index (κ3) is 5.65. The first-order chi connectivity index (χ1) is 14.9. The molecule has 3 aromatic rings. The summed E-state index contributed by atoms with van der Waals surface area (Å²) in [6, 6.07) is 25.7. The van der Waals surface area contributed by atoms with E-state index in [0.717, 1.165) is 19.4 Å². The average molecular weight is 417 g/mol. The number of piperazine rings is 1. The Labute approximate surface area is 185 Å². The number of nitrogens with one attached hydrogen (secondary N) is 1. The fourth-order valence-corrected chi connectivity index (χ4v) is 4.26. The third-order valence-electron chi connectivity index (χ3n) is 5.74. The molecule has 0 radical (unpaired) electrons. The van der Waals surface area contributed by atoms with E-state index in [0.29, 0.717) is 6.54 Å². The first-order valence-corrected chi connectivity index (χ1v) is 11.1. The van der Waals surface area contributed by atoms with Crippen LogP contribution in [0.3, 0.4) is 0 Å². The maximum absolute atomic E-state index is 13.1. The summed E-state index contributed by atoms with van der Waals surface area (Å²) >= 11 is 0. The Bertz CT molecular complexity index is 1030. The van der Waals surface area contributed by atoms with Crippen molar-refractivity contribution in [2.24, 2.45) is 0 Å². The SMILES string of the molecule is CC(C)(C)OC(=O)N1C[C@@H](Cc2ccc3ccccc3c2)NC[C@@H]1Cc1ccccc1. The average Bonchev–Trinajstić information content (AvgIpc) is 2.74. The van der Waals surface area contributed by atoms with Crippen LogP contribution in [0.15, 0.2) is 72.8 Å². The van der Waals surface area contributed by atoms with Crippen molar-refractivity contribution in [2.45, 2.75) is 51.3 Å². The third-order valence-corrected chi connectivity index (χ3v) is 5.74. The molecular formula is C27H32N2O2. The molecule has 1 heterocycles. The van der Waals surface area contributed by atoms with Crippen molar-refractivity contribution >= 4 is 16.9 Å². The van der Waals surface area contributed by atoms with Crippen LogP contribution in [0.25, 0.3) is 10.8 Å². The van der Waals surface area contributed by atoms with E-state index < -0.39 is 5.60 Å². The molecule has 1 aliphatic heterocycles. The number of amides is 1. The second kappa shape index (κ2) is 9.11. The van der Waals surface area contributed by atoms with Crippen LogP contribution < -0.4 is 5.32 Å². The Morgan fingerprint density at radius 1 is 0.935 bits per heavy atom. The van der Waals surface area contributed by atoms with Gasteiger partial charge in [0.05, 0.1) is 6.04 Å². The van der Waals surface area contributed by atoms with Crippen LogP contribution in [0.2, 0.25) is 0 Å². The summed E-state index contributed by atoms with van der Waals surface area (Å²) in [7, 11) is 0. The largest absolute Gasteiger partial charge is 0.444 e. The smallest absolute Gasteiger partial charge is 0.410 e. The summed E-state index contributed by atoms with van der Waals surface area (Å²) in [5, 5.41) is 6.19. The highest BCUT2D eigenvalue weighted by molar-refractivity contribution is 5.83. The summed E-state index contributed by atoms with van der Waals surface area (Å²) in [5.41, 5.74) is 2.00. The normalized spacial score (nSPS) is 19.4. The van der Waals surface area contributed by atoms with E-state index in [1.807, 2.05) is 43.9 Å². The second-order valence-electron chi connectivity index (χ2n) is 9.47. The van der Waals surface area contributed by atoms with Crippen molar-refractivity contribution in [3.63, 3.8) is 0 Å². The van der Waals surface area contributed by atoms with Crippen molar-refractivity contribution in [3.8, 4) is 0 Å². The molecule has 4 rings (SSSR count). The van der Waals surface area contributed by atoms with E-state index in [1.54, 1.807) is 0 Å². The van der Waals surface area contributed by atoms with Crippen LogP contribution in [-0.4, -0.2) is 41.8 Å². The maximum atomic E-state index is 13.1. The predicted octanol–water partition coefficient (Wildman–Crippen LogP) is 5.20. The van der Waals surface area contributed by atoms with Crippen LogP contribution in [0, 0.1) is 0 Å². The van der Waals surface area contributed by atoms with E-state index in [2.05, 4.69) is 59.9 Å². The fraction of sp³-hybridized carbons (Fsp3) is 0.370. The van der Waals surface area contributed by atoms with Crippen LogP contribution >= 0.6 is 0 Å². The Kier molecular flexibility index (Phi) is 6.28. The number of ether oxygens (including phenoxy) is 1. The van der Waals surface area contributed by atoms with E-state index in [1.165, 1.54) is 21.9 Å². The van der Waals surface area contributed by atoms with E-state index in [4.69, 9.17) is 4.74 Å². The highest BCUT2D eigenvalue weighted by Crippen LogP contribution is 2.21. The van der Waals surface area contributed by atoms with Crippen molar-refractivity contribution in [1.29, 1.82) is 0 Å². The van der Waals surface area contributed by atoms with Gasteiger partial charge in [0.2, 0.25) is 0 Å². The molecule has 0 aliphatic carbocycles. The number of hydrogen-bond acceptors (Lipinski definition) is 3. The summed E-state index contributed by atoms with van der Waals surface area (Å²) < 4.78 is 5.76. The zero-order valence-electron chi connectivity index (χ0n) is 18.7. The van der Waals surface area contributed by atoms with Crippen molar-refractivity contribution in [2.75, 3.05) is 13.1 Å². The minimum Gasteiger partial charge on any atom is -0.444 e. The number of carbonyl (C=O) groups excluding carboxylic acids is 1. The lowest BCUT2D eigenvalue weighted by molar-refractivity contribution is 0.00751. The van der Waals surface area contributed by atoms with Gasteiger partial charge in [-0.3, -0.25) is 0 Å². The molecule has 1 amide bonds. The number of benzene rings is 3. The molecular weight excluding hydrogens is 384 g/mol. The number of carbonyl (C=O) groups is 1. The van der Waals surface area contributed by atoms with Gasteiger partial charge in [-0.25, -0.2) is 4.79 Å². The first kappa shape index (κ1) is 21.4. The standard InChI is InChI=1S/C27H32N2O2/c1-27(2,3)31-26(30)29-19-24(28-18-25(29)17-20-9-5-4-6-10-20)16-21-13-14-22-11-7-8-12-23(22)15-21/h4-15,24-25,28H,16-19H2,1-3H3/t24-,25+/m1/s1. The maximum Gasteiger partial charge on any atom is 0.410 e. The lowest BCUT2D eigenvalue weighted by Crippen LogP contribution is -2.60. The molecule has 2 atom stereocenters. The van der Waals surface area contributed by atoms with Gasteiger partial charge in [0, 0.05) is 19.1 Å². The summed E-state index contributed by atoms with van der Waals surface area (Å²) in [4.78, 5) is 15.0. The topological polar surface area (TPSA) is 41.6 Å². The number of nitrogens with zero attached hydrogens (tertiary/aromatic N) is 1. The van der Waals surface area contributed by atoms with Gasteiger partial charge >= 0.3 is 6.09 Å². The zero-order valence-corrected chi connectivity index (χ0v) is 18.7. The molecule has 1 fully saturated rings. The van der Waals surface area contributed by atoms with Gasteiger partial charge in [-0.2, -0.15) is 0 Å². The number of rotatable bonds is 4. The monoisotopic (exact) mass is 416 g/mol. The van der Waals surface area contributed by atoms with Gasteiger partial charge < -0.3 is 15.0 Å². The minimum atomic E-state index is -0.507. The van der Waals surface area contributed by atoms with Gasteiger partial charge in [0.25, 0.3) is 0 Å². The van der Waals surface area contributed by atoms with Gasteiger partial charge in [-0.05, 0) is 55.5 Å². The molecule has 162 valence electrons. The van der Waals surface area contributed by atoms with Crippen LogP contribution in [0.5, 0.6) is 0 Å². The fourth-order valence-electron chi connectivity index (χ4n) is 4.26. The Morgan fingerprint density at radius 3 is 2.39 bits per heavy atom. The minimum absolute atomic E-state index is 0.0742. The Hall–Kier alpha value is -2.85. The van der Waals surface area contributed by atoms with Crippen molar-refractivity contribution in [3.05, 3.63) is 83.9 Å². The first-order valence-electron chi connectivity index (χ1n) is 11.1. The molecule has 31 heavy (non-hydrogen) atoms. The van der Waals surface area contributed by atoms with E-state index in [-0.39, 0.29) is 18.2 Å². The summed E-state index contributed by atoms with van der Waals surface area (Å²) in [5.74, 6) is 0. The van der Waals surface area contributed by atoms with Crippen LogP contribution in [0.1, 0.15) is 31.9 Å². The molecule has 0 saturated carbocycles. The Balaban J connectivity index is 1.50. The van der Waals surface area contributed by atoms with Crippen LogP contribution in [0.4, 0.5) is 4.79 Å². The van der Waals surface area contributed by atoms with Crippen LogP contribution in [-0.2, 0) is 17.6 Å². The molecule has 3 aromatic carbocycles. The van der Waals surface area contributed by atoms with E-state index >= 15 is 0 Å². The van der Waals surface area contributed by atoms with Crippen molar-refractivity contribution < 1.29 is 9.53 Å².